The third kappa shape index (κ3) is 2.97. The van der Waals surface area contributed by atoms with Crippen LogP contribution in [0.4, 0.5) is 0 Å². The Morgan fingerprint density at radius 3 is 2.35 bits per heavy atom. The molecule has 0 bridgehead atoms. The Bertz CT molecular complexity index is 466. The number of hydrogen-bond acceptors (Lipinski definition) is 0. The number of hydrogen-bond donors (Lipinski definition) is 0. The van der Waals surface area contributed by atoms with Crippen molar-refractivity contribution in [3.8, 4) is 11.1 Å². The Morgan fingerprint density at radius 1 is 0.941 bits per heavy atom. The quantitative estimate of drug-likeness (QED) is 0.706. The van der Waals surface area contributed by atoms with Crippen molar-refractivity contribution in [2.75, 3.05) is 0 Å². The van der Waals surface area contributed by atoms with Crippen LogP contribution in [0.2, 0.25) is 0 Å². The summed E-state index contributed by atoms with van der Waals surface area (Å²) in [6, 6.07) is 18.6. The van der Waals surface area contributed by atoms with Gasteiger partial charge in [-0.25, -0.2) is 0 Å². The Morgan fingerprint density at radius 2 is 1.71 bits per heavy atom. The lowest BCUT2D eigenvalue weighted by atomic mass is 10.00. The van der Waals surface area contributed by atoms with Gasteiger partial charge in [0.05, 0.1) is 0 Å². The van der Waals surface area contributed by atoms with Gasteiger partial charge in [-0.2, -0.15) is 0 Å². The minimum atomic E-state index is 1.08. The third-order valence-electron chi connectivity index (χ3n) is 3.08. The van der Waals surface area contributed by atoms with Gasteiger partial charge in [-0.05, 0) is 41.2 Å². The summed E-state index contributed by atoms with van der Waals surface area (Å²) in [5.41, 5.74) is 5.26. The molecule has 0 nitrogen and oxygen atoms in total. The number of rotatable bonds is 4. The number of benzene rings is 2. The predicted molar refractivity (Wildman–Crippen MR) is 74.1 cm³/mol. The lowest BCUT2D eigenvalue weighted by Crippen LogP contribution is -1.85. The average Bonchev–Trinajstić information content (AvgIpc) is 2.40. The summed E-state index contributed by atoms with van der Waals surface area (Å²) in [7, 11) is 0. The zero-order chi connectivity index (χ0) is 12.1. The second kappa shape index (κ2) is 5.67. The van der Waals surface area contributed by atoms with Crippen molar-refractivity contribution in [3.63, 3.8) is 0 Å². The van der Waals surface area contributed by atoms with Gasteiger partial charge < -0.3 is 0 Å². The zero-order valence-corrected chi connectivity index (χ0v) is 10.7. The van der Waals surface area contributed by atoms with E-state index in [1.807, 2.05) is 6.07 Å². The van der Waals surface area contributed by atoms with Gasteiger partial charge in [-0.15, -0.1) is 0 Å². The van der Waals surface area contributed by atoms with Crippen LogP contribution in [-0.2, 0) is 12.8 Å². The van der Waals surface area contributed by atoms with Gasteiger partial charge in [0.25, 0.3) is 0 Å². The summed E-state index contributed by atoms with van der Waals surface area (Å²) in [6.45, 7) is 4.40. The van der Waals surface area contributed by atoms with Crippen LogP contribution in [0, 0.1) is 6.07 Å². The third-order valence-corrected chi connectivity index (χ3v) is 3.08. The van der Waals surface area contributed by atoms with E-state index in [0.29, 0.717) is 0 Å². The molecular formula is C17H19. The van der Waals surface area contributed by atoms with Gasteiger partial charge in [0.1, 0.15) is 0 Å². The molecule has 0 atom stereocenters. The van der Waals surface area contributed by atoms with E-state index in [2.05, 4.69) is 56.3 Å². The van der Waals surface area contributed by atoms with Crippen LogP contribution in [0.1, 0.15) is 31.4 Å². The lowest BCUT2D eigenvalue weighted by Gasteiger charge is -2.05. The molecule has 17 heavy (non-hydrogen) atoms. The Kier molecular flexibility index (Phi) is 3.98. The SMILES string of the molecule is CCCc1ccc(-c2[c]ccc(CC)c2)cc1. The fraction of sp³-hybridized carbons (Fsp3) is 0.294. The van der Waals surface area contributed by atoms with Crippen molar-refractivity contribution < 1.29 is 0 Å². The molecular weight excluding hydrogens is 204 g/mol. The lowest BCUT2D eigenvalue weighted by molar-refractivity contribution is 0.922. The molecule has 0 saturated carbocycles. The molecule has 2 aromatic carbocycles. The topological polar surface area (TPSA) is 0 Å². The van der Waals surface area contributed by atoms with E-state index >= 15 is 0 Å². The molecule has 2 rings (SSSR count). The molecule has 0 spiro atoms. The highest BCUT2D eigenvalue weighted by atomic mass is 14.0. The zero-order valence-electron chi connectivity index (χ0n) is 10.7. The summed E-state index contributed by atoms with van der Waals surface area (Å²) >= 11 is 0. The van der Waals surface area contributed by atoms with E-state index in [-0.39, 0.29) is 0 Å². The summed E-state index contributed by atoms with van der Waals surface area (Å²) in [4.78, 5) is 0. The van der Waals surface area contributed by atoms with Gasteiger partial charge in [0.15, 0.2) is 0 Å². The number of aryl methyl sites for hydroxylation is 2. The first-order valence-electron chi connectivity index (χ1n) is 6.43. The van der Waals surface area contributed by atoms with Crippen LogP contribution < -0.4 is 0 Å². The van der Waals surface area contributed by atoms with Crippen LogP contribution in [0.15, 0.2) is 42.5 Å². The minimum Gasteiger partial charge on any atom is -0.0651 e. The van der Waals surface area contributed by atoms with E-state index in [0.717, 1.165) is 6.42 Å². The molecule has 0 amide bonds. The van der Waals surface area contributed by atoms with Gasteiger partial charge in [-0.1, -0.05) is 62.7 Å². The van der Waals surface area contributed by atoms with Crippen LogP contribution in [0.3, 0.4) is 0 Å². The van der Waals surface area contributed by atoms with E-state index in [4.69, 9.17) is 0 Å². The van der Waals surface area contributed by atoms with Crippen molar-refractivity contribution >= 4 is 0 Å². The summed E-state index contributed by atoms with van der Waals surface area (Å²) in [5, 5.41) is 0. The normalized spacial score (nSPS) is 10.5. The maximum Gasteiger partial charge on any atom is -0.00990 e. The Labute approximate surface area is 104 Å². The second-order valence-corrected chi connectivity index (χ2v) is 4.41. The van der Waals surface area contributed by atoms with Crippen LogP contribution in [-0.4, -0.2) is 0 Å². The monoisotopic (exact) mass is 223 g/mol. The van der Waals surface area contributed by atoms with Crippen molar-refractivity contribution in [2.45, 2.75) is 33.1 Å². The predicted octanol–water partition coefficient (Wildman–Crippen LogP) is 4.67. The fourth-order valence-electron chi connectivity index (χ4n) is 2.04. The first-order chi connectivity index (χ1) is 8.33. The molecule has 0 N–H and O–H groups in total. The molecule has 2 aromatic rings. The molecule has 0 fully saturated rings. The van der Waals surface area contributed by atoms with E-state index < -0.39 is 0 Å². The first kappa shape index (κ1) is 11.9. The van der Waals surface area contributed by atoms with Gasteiger partial charge in [-0.3, -0.25) is 0 Å². The van der Waals surface area contributed by atoms with Crippen molar-refractivity contribution in [1.82, 2.24) is 0 Å². The minimum absolute atomic E-state index is 1.08. The van der Waals surface area contributed by atoms with E-state index in [1.54, 1.807) is 0 Å². The molecule has 0 heteroatoms. The Balaban J connectivity index is 2.26. The second-order valence-electron chi connectivity index (χ2n) is 4.41. The van der Waals surface area contributed by atoms with Crippen molar-refractivity contribution in [2.24, 2.45) is 0 Å². The molecule has 87 valence electrons. The van der Waals surface area contributed by atoms with Crippen LogP contribution >= 0.6 is 0 Å². The van der Waals surface area contributed by atoms with Crippen LogP contribution in [0.25, 0.3) is 11.1 Å². The standard InChI is InChI=1S/C17H19/c1-3-6-15-9-11-16(12-10-15)17-8-5-7-14(4-2)13-17/h5,7,9-13H,3-4,6H2,1-2H3. The highest BCUT2D eigenvalue weighted by Crippen LogP contribution is 2.21. The molecule has 0 aliphatic carbocycles. The fourth-order valence-corrected chi connectivity index (χ4v) is 2.04. The highest BCUT2D eigenvalue weighted by Gasteiger charge is 1.99. The highest BCUT2D eigenvalue weighted by molar-refractivity contribution is 5.63. The maximum absolute atomic E-state index is 3.31. The van der Waals surface area contributed by atoms with Gasteiger partial charge >= 0.3 is 0 Å². The molecule has 0 heterocycles. The Hall–Kier alpha value is -1.56. The molecule has 0 saturated heterocycles. The molecule has 0 unspecified atom stereocenters. The first-order valence-corrected chi connectivity index (χ1v) is 6.43. The molecule has 0 aliphatic rings. The summed E-state index contributed by atoms with van der Waals surface area (Å²) in [5.74, 6) is 0. The summed E-state index contributed by atoms with van der Waals surface area (Å²) in [6.07, 6.45) is 3.45. The van der Waals surface area contributed by atoms with Gasteiger partial charge in [0, 0.05) is 0 Å². The molecule has 0 aliphatic heterocycles. The molecule has 1 radical (unpaired) electrons. The van der Waals surface area contributed by atoms with Crippen LogP contribution in [0.5, 0.6) is 0 Å². The van der Waals surface area contributed by atoms with Crippen molar-refractivity contribution in [3.05, 3.63) is 59.7 Å². The smallest absolute Gasteiger partial charge is 0.00990 e. The molecule has 0 aromatic heterocycles. The summed E-state index contributed by atoms with van der Waals surface area (Å²) < 4.78 is 0. The van der Waals surface area contributed by atoms with E-state index in [9.17, 15) is 0 Å². The van der Waals surface area contributed by atoms with E-state index in [1.165, 1.54) is 35.1 Å². The maximum atomic E-state index is 3.31. The largest absolute Gasteiger partial charge is 0.0651 e. The van der Waals surface area contributed by atoms with Crippen molar-refractivity contribution in [1.29, 1.82) is 0 Å². The average molecular weight is 223 g/mol. The van der Waals surface area contributed by atoms with Gasteiger partial charge in [0.2, 0.25) is 0 Å².